The zero-order chi connectivity index (χ0) is 11.1. The van der Waals surface area contributed by atoms with Crippen molar-refractivity contribution in [1.82, 2.24) is 20.2 Å². The lowest BCUT2D eigenvalue weighted by molar-refractivity contribution is 0.0696. The molecule has 1 N–H and O–H groups in total. The summed E-state index contributed by atoms with van der Waals surface area (Å²) in [6.07, 6.45) is 3.43. The van der Waals surface area contributed by atoms with E-state index in [2.05, 4.69) is 20.2 Å². The fourth-order valence-electron chi connectivity index (χ4n) is 1.48. The Morgan fingerprint density at radius 3 is 2.88 bits per heavy atom. The van der Waals surface area contributed by atoms with E-state index in [-0.39, 0.29) is 5.56 Å². The molecule has 0 aromatic carbocycles. The summed E-state index contributed by atoms with van der Waals surface area (Å²) in [5.41, 5.74) is 1.00. The number of fused-ring (bicyclic) bond motifs is 1. The molecule has 2 aromatic heterocycles. The summed E-state index contributed by atoms with van der Waals surface area (Å²) in [7, 11) is 0. The van der Waals surface area contributed by atoms with Crippen LogP contribution in [0.15, 0.2) is 12.3 Å². The van der Waals surface area contributed by atoms with Crippen molar-refractivity contribution in [1.29, 1.82) is 0 Å². The van der Waals surface area contributed by atoms with E-state index in [1.807, 2.05) is 0 Å². The third kappa shape index (κ3) is 1.48. The van der Waals surface area contributed by atoms with Gasteiger partial charge in [0.1, 0.15) is 5.52 Å². The summed E-state index contributed by atoms with van der Waals surface area (Å²) in [5.74, 6) is 0.0724. The second-order valence-electron chi connectivity index (χ2n) is 3.82. The number of aromatic nitrogens is 4. The molecule has 0 saturated heterocycles. The van der Waals surface area contributed by atoms with Gasteiger partial charge in [-0.1, -0.05) is 0 Å². The molecule has 1 saturated carbocycles. The molecule has 0 spiro atoms. The van der Waals surface area contributed by atoms with Gasteiger partial charge in [-0.3, -0.25) is 0 Å². The molecular weight excluding hydrogens is 208 g/mol. The first kappa shape index (κ1) is 9.14. The van der Waals surface area contributed by atoms with Gasteiger partial charge >= 0.3 is 5.97 Å². The van der Waals surface area contributed by atoms with Crippen LogP contribution < -0.4 is 0 Å². The van der Waals surface area contributed by atoms with Crippen LogP contribution in [0.4, 0.5) is 0 Å². The van der Waals surface area contributed by atoms with Crippen LogP contribution in [0.1, 0.15) is 34.9 Å². The molecule has 3 rings (SSSR count). The molecule has 0 bridgehead atoms. The molecule has 2 aromatic rings. The van der Waals surface area contributed by atoms with E-state index in [0.29, 0.717) is 22.9 Å². The number of nitrogens with zero attached hydrogens (tertiary/aromatic N) is 4. The van der Waals surface area contributed by atoms with Crippen LogP contribution in [0.25, 0.3) is 11.2 Å². The highest BCUT2D eigenvalue weighted by molar-refractivity contribution is 5.90. The van der Waals surface area contributed by atoms with Crippen LogP contribution >= 0.6 is 0 Å². The number of carbonyl (C=O) groups is 1. The van der Waals surface area contributed by atoms with E-state index in [4.69, 9.17) is 5.11 Å². The summed E-state index contributed by atoms with van der Waals surface area (Å²) in [6.45, 7) is 0. The first-order valence-electron chi connectivity index (χ1n) is 4.98. The Hall–Kier alpha value is -2.11. The summed E-state index contributed by atoms with van der Waals surface area (Å²) < 4.78 is 0. The van der Waals surface area contributed by atoms with Gasteiger partial charge in [0.2, 0.25) is 5.65 Å². The topological polar surface area (TPSA) is 88.9 Å². The zero-order valence-electron chi connectivity index (χ0n) is 8.29. The highest BCUT2D eigenvalue weighted by Crippen LogP contribution is 2.37. The van der Waals surface area contributed by atoms with Gasteiger partial charge in [0.25, 0.3) is 0 Å². The Morgan fingerprint density at radius 1 is 1.38 bits per heavy atom. The number of carboxylic acids is 1. The van der Waals surface area contributed by atoms with Crippen molar-refractivity contribution in [2.24, 2.45) is 0 Å². The van der Waals surface area contributed by atoms with Crippen LogP contribution in [0, 0.1) is 0 Å². The molecule has 0 unspecified atom stereocenters. The normalized spacial score (nSPS) is 15.2. The Bertz CT molecular complexity index is 580. The molecule has 0 radical (unpaired) electrons. The number of rotatable bonds is 2. The SMILES string of the molecule is O=C(O)c1cnc2nnc(C3CC3)nc2c1. The molecule has 6 heteroatoms. The van der Waals surface area contributed by atoms with Crippen LogP contribution in [-0.4, -0.2) is 31.2 Å². The average molecular weight is 216 g/mol. The fraction of sp³-hybridized carbons (Fsp3) is 0.300. The number of carboxylic acid groups (broad SMARTS) is 1. The van der Waals surface area contributed by atoms with Crippen LogP contribution in [0.5, 0.6) is 0 Å². The molecule has 16 heavy (non-hydrogen) atoms. The molecule has 1 aliphatic carbocycles. The van der Waals surface area contributed by atoms with E-state index >= 15 is 0 Å². The molecule has 0 aliphatic heterocycles. The van der Waals surface area contributed by atoms with Gasteiger partial charge in [0.05, 0.1) is 5.56 Å². The third-order valence-corrected chi connectivity index (χ3v) is 2.52. The molecular formula is C10H8N4O2. The molecule has 1 aliphatic rings. The van der Waals surface area contributed by atoms with Gasteiger partial charge in [-0.2, -0.15) is 0 Å². The molecule has 80 valence electrons. The van der Waals surface area contributed by atoms with Crippen molar-refractivity contribution in [3.05, 3.63) is 23.7 Å². The maximum absolute atomic E-state index is 10.8. The minimum absolute atomic E-state index is 0.120. The number of aromatic carboxylic acids is 1. The number of hydrogen-bond donors (Lipinski definition) is 1. The van der Waals surface area contributed by atoms with Crippen LogP contribution in [-0.2, 0) is 0 Å². The molecule has 0 amide bonds. The van der Waals surface area contributed by atoms with Crippen molar-refractivity contribution >= 4 is 17.1 Å². The summed E-state index contributed by atoms with van der Waals surface area (Å²) in [5, 5.41) is 16.7. The zero-order valence-corrected chi connectivity index (χ0v) is 8.29. The molecule has 0 atom stereocenters. The van der Waals surface area contributed by atoms with Crippen LogP contribution in [0.3, 0.4) is 0 Å². The lowest BCUT2D eigenvalue weighted by atomic mass is 10.2. The Kier molecular flexibility index (Phi) is 1.82. The van der Waals surface area contributed by atoms with Gasteiger partial charge in [-0.25, -0.2) is 14.8 Å². The second kappa shape index (κ2) is 3.19. The lowest BCUT2D eigenvalue weighted by Gasteiger charge is -1.99. The smallest absolute Gasteiger partial charge is 0.337 e. The van der Waals surface area contributed by atoms with Gasteiger partial charge in [0, 0.05) is 12.1 Å². The van der Waals surface area contributed by atoms with Crippen LogP contribution in [0.2, 0.25) is 0 Å². The van der Waals surface area contributed by atoms with Gasteiger partial charge in [-0.05, 0) is 18.9 Å². The van der Waals surface area contributed by atoms with Gasteiger partial charge in [0.15, 0.2) is 5.82 Å². The van der Waals surface area contributed by atoms with E-state index in [0.717, 1.165) is 12.8 Å². The minimum Gasteiger partial charge on any atom is -0.478 e. The average Bonchev–Trinajstić information content (AvgIpc) is 3.11. The number of hydrogen-bond acceptors (Lipinski definition) is 5. The Labute approximate surface area is 90.4 Å². The monoisotopic (exact) mass is 216 g/mol. The van der Waals surface area contributed by atoms with Crippen molar-refractivity contribution in [2.45, 2.75) is 18.8 Å². The Balaban J connectivity index is 2.15. The summed E-state index contributed by atoms with van der Waals surface area (Å²) in [4.78, 5) is 19.0. The standard InChI is InChI=1S/C10H8N4O2/c15-10(16)6-3-7-9(11-4-6)14-13-8(12-7)5-1-2-5/h3-5H,1-2H2,(H,15,16). The van der Waals surface area contributed by atoms with E-state index < -0.39 is 5.97 Å². The maximum atomic E-state index is 10.8. The fourth-order valence-corrected chi connectivity index (χ4v) is 1.48. The largest absolute Gasteiger partial charge is 0.478 e. The van der Waals surface area contributed by atoms with Crippen molar-refractivity contribution < 1.29 is 9.90 Å². The predicted molar refractivity (Wildman–Crippen MR) is 54.1 cm³/mol. The highest BCUT2D eigenvalue weighted by atomic mass is 16.4. The van der Waals surface area contributed by atoms with E-state index in [1.165, 1.54) is 12.3 Å². The van der Waals surface area contributed by atoms with Crippen molar-refractivity contribution in [3.63, 3.8) is 0 Å². The van der Waals surface area contributed by atoms with Crippen molar-refractivity contribution in [2.75, 3.05) is 0 Å². The van der Waals surface area contributed by atoms with Gasteiger partial charge in [-0.15, -0.1) is 10.2 Å². The Morgan fingerprint density at radius 2 is 2.19 bits per heavy atom. The minimum atomic E-state index is -1.01. The van der Waals surface area contributed by atoms with Crippen molar-refractivity contribution in [3.8, 4) is 0 Å². The maximum Gasteiger partial charge on any atom is 0.337 e. The molecule has 1 fully saturated rings. The lowest BCUT2D eigenvalue weighted by Crippen LogP contribution is -2.02. The molecule has 6 nitrogen and oxygen atoms in total. The first-order valence-corrected chi connectivity index (χ1v) is 4.98. The first-order chi connectivity index (χ1) is 7.74. The number of pyridine rings is 1. The summed E-state index contributed by atoms with van der Waals surface area (Å²) >= 11 is 0. The van der Waals surface area contributed by atoms with Gasteiger partial charge < -0.3 is 5.11 Å². The third-order valence-electron chi connectivity index (χ3n) is 2.52. The van der Waals surface area contributed by atoms with E-state index in [1.54, 1.807) is 0 Å². The molecule has 2 heterocycles. The quantitative estimate of drug-likeness (QED) is 0.805. The second-order valence-corrected chi connectivity index (χ2v) is 3.82. The van der Waals surface area contributed by atoms with E-state index in [9.17, 15) is 4.79 Å². The highest BCUT2D eigenvalue weighted by Gasteiger charge is 2.27. The predicted octanol–water partition coefficient (Wildman–Crippen LogP) is 0.995. The summed E-state index contributed by atoms with van der Waals surface area (Å²) in [6, 6.07) is 1.48.